The summed E-state index contributed by atoms with van der Waals surface area (Å²) >= 11 is 1.44. The first-order valence-electron chi connectivity index (χ1n) is 5.14. The largest absolute Gasteiger partial charge is 0.359 e. The molecule has 17 heavy (non-hydrogen) atoms. The van der Waals surface area contributed by atoms with E-state index in [0.29, 0.717) is 4.90 Å². The zero-order valence-corrected chi connectivity index (χ0v) is 11.7. The average molecular weight is 276 g/mol. The van der Waals surface area contributed by atoms with Crippen molar-refractivity contribution >= 4 is 27.3 Å². The van der Waals surface area contributed by atoms with E-state index >= 15 is 0 Å². The minimum Gasteiger partial charge on any atom is -0.359 e. The summed E-state index contributed by atoms with van der Waals surface area (Å²) in [4.78, 5) is 13.0. The maximum Gasteiger partial charge on any atom is 0.241 e. The molecule has 0 saturated heterocycles. The first kappa shape index (κ1) is 14.1. The molecule has 0 fully saturated rings. The molecule has 1 aromatic heterocycles. The number of thiophene rings is 1. The second-order valence-corrected chi connectivity index (χ2v) is 6.79. The summed E-state index contributed by atoms with van der Waals surface area (Å²) in [5.74, 6) is -0.189. The standard InChI is InChI=1S/C10H16N2O3S2/c1-7-6-9(8(2)16-7)17(14,15)12-5-4-10(13)11-3/h6,12H,4-5H2,1-3H3,(H,11,13). The third-order valence-corrected chi connectivity index (χ3v) is 4.89. The van der Waals surface area contributed by atoms with Gasteiger partial charge in [-0.05, 0) is 19.9 Å². The van der Waals surface area contributed by atoms with Gasteiger partial charge < -0.3 is 5.32 Å². The molecule has 1 amide bonds. The van der Waals surface area contributed by atoms with Crippen LogP contribution in [-0.2, 0) is 14.8 Å². The smallest absolute Gasteiger partial charge is 0.241 e. The average Bonchev–Trinajstić information content (AvgIpc) is 2.58. The van der Waals surface area contributed by atoms with Gasteiger partial charge >= 0.3 is 0 Å². The summed E-state index contributed by atoms with van der Waals surface area (Å²) in [5.41, 5.74) is 0. The molecular weight excluding hydrogens is 260 g/mol. The summed E-state index contributed by atoms with van der Waals surface area (Å²) in [5, 5.41) is 2.43. The minimum atomic E-state index is -3.49. The van der Waals surface area contributed by atoms with Gasteiger partial charge in [-0.3, -0.25) is 4.79 Å². The lowest BCUT2D eigenvalue weighted by Crippen LogP contribution is -2.29. The van der Waals surface area contributed by atoms with Crippen LogP contribution in [0.15, 0.2) is 11.0 Å². The molecule has 1 heterocycles. The van der Waals surface area contributed by atoms with Gasteiger partial charge in [0.05, 0.1) is 4.90 Å². The van der Waals surface area contributed by atoms with Gasteiger partial charge in [0, 0.05) is 29.8 Å². The van der Waals surface area contributed by atoms with Crippen LogP contribution in [0.1, 0.15) is 16.2 Å². The predicted octanol–water partition coefficient (Wildman–Crippen LogP) is 0.779. The number of hydrogen-bond donors (Lipinski definition) is 2. The third kappa shape index (κ3) is 3.79. The summed E-state index contributed by atoms with van der Waals surface area (Å²) in [7, 11) is -1.98. The molecule has 0 aromatic carbocycles. The van der Waals surface area contributed by atoms with E-state index in [1.165, 1.54) is 18.4 Å². The van der Waals surface area contributed by atoms with Gasteiger partial charge in [0.2, 0.25) is 15.9 Å². The molecule has 0 aliphatic carbocycles. The molecule has 7 heteroatoms. The van der Waals surface area contributed by atoms with Gasteiger partial charge in [-0.2, -0.15) is 0 Å². The van der Waals surface area contributed by atoms with E-state index in [9.17, 15) is 13.2 Å². The second kappa shape index (κ2) is 5.61. The summed E-state index contributed by atoms with van der Waals surface area (Å²) in [6, 6.07) is 1.64. The highest BCUT2D eigenvalue weighted by Gasteiger charge is 2.18. The van der Waals surface area contributed by atoms with Crippen molar-refractivity contribution in [2.45, 2.75) is 25.2 Å². The zero-order chi connectivity index (χ0) is 13.1. The Bertz CT molecular complexity index is 506. The SMILES string of the molecule is CNC(=O)CCNS(=O)(=O)c1cc(C)sc1C. The van der Waals surface area contributed by atoms with E-state index in [1.54, 1.807) is 13.0 Å². The Morgan fingerprint density at radius 2 is 2.06 bits per heavy atom. The van der Waals surface area contributed by atoms with Crippen LogP contribution in [0.3, 0.4) is 0 Å². The van der Waals surface area contributed by atoms with Crippen LogP contribution in [-0.4, -0.2) is 27.9 Å². The highest BCUT2D eigenvalue weighted by atomic mass is 32.2. The van der Waals surface area contributed by atoms with Crippen LogP contribution in [0.5, 0.6) is 0 Å². The Hall–Kier alpha value is -0.920. The molecule has 0 saturated carbocycles. The van der Waals surface area contributed by atoms with Crippen molar-refractivity contribution in [3.8, 4) is 0 Å². The molecule has 0 radical (unpaired) electrons. The lowest BCUT2D eigenvalue weighted by atomic mass is 10.4. The normalized spacial score (nSPS) is 11.5. The number of sulfonamides is 1. The fraction of sp³-hybridized carbons (Fsp3) is 0.500. The second-order valence-electron chi connectivity index (χ2n) is 3.60. The van der Waals surface area contributed by atoms with E-state index in [2.05, 4.69) is 10.0 Å². The van der Waals surface area contributed by atoms with E-state index in [1.807, 2.05) is 6.92 Å². The van der Waals surface area contributed by atoms with Crippen molar-refractivity contribution in [3.05, 3.63) is 15.8 Å². The molecule has 0 spiro atoms. The Kier molecular flexibility index (Phi) is 4.67. The monoisotopic (exact) mass is 276 g/mol. The lowest BCUT2D eigenvalue weighted by Gasteiger charge is -2.05. The number of aryl methyl sites for hydroxylation is 2. The molecule has 0 aliphatic rings. The number of carbonyl (C=O) groups excluding carboxylic acids is 1. The number of rotatable bonds is 5. The molecule has 0 unspecified atom stereocenters. The van der Waals surface area contributed by atoms with E-state index in [0.717, 1.165) is 9.75 Å². The van der Waals surface area contributed by atoms with Gasteiger partial charge in [0.15, 0.2) is 0 Å². The Morgan fingerprint density at radius 3 is 2.53 bits per heavy atom. The third-order valence-electron chi connectivity index (χ3n) is 2.21. The van der Waals surface area contributed by atoms with Crippen molar-refractivity contribution in [1.82, 2.24) is 10.0 Å². The van der Waals surface area contributed by atoms with Gasteiger partial charge in [-0.25, -0.2) is 13.1 Å². The molecule has 96 valence electrons. The molecule has 1 rings (SSSR count). The predicted molar refractivity (Wildman–Crippen MR) is 67.7 cm³/mol. The number of hydrogen-bond acceptors (Lipinski definition) is 4. The van der Waals surface area contributed by atoms with Crippen LogP contribution in [0.4, 0.5) is 0 Å². The molecular formula is C10H16N2O3S2. The van der Waals surface area contributed by atoms with Gasteiger partial charge in [0.1, 0.15) is 0 Å². The number of nitrogens with one attached hydrogen (secondary N) is 2. The lowest BCUT2D eigenvalue weighted by molar-refractivity contribution is -0.120. The van der Waals surface area contributed by atoms with Crippen LogP contribution in [0.25, 0.3) is 0 Å². The first-order valence-corrected chi connectivity index (χ1v) is 7.44. The molecule has 0 atom stereocenters. The summed E-state index contributed by atoms with van der Waals surface area (Å²) in [6.07, 6.45) is 0.137. The zero-order valence-electron chi connectivity index (χ0n) is 10.0. The van der Waals surface area contributed by atoms with Crippen molar-refractivity contribution < 1.29 is 13.2 Å². The van der Waals surface area contributed by atoms with Gasteiger partial charge in [-0.1, -0.05) is 0 Å². The van der Waals surface area contributed by atoms with Crippen molar-refractivity contribution in [2.24, 2.45) is 0 Å². The molecule has 0 bridgehead atoms. The van der Waals surface area contributed by atoms with E-state index in [-0.39, 0.29) is 18.9 Å². The molecule has 5 nitrogen and oxygen atoms in total. The number of amides is 1. The van der Waals surface area contributed by atoms with E-state index in [4.69, 9.17) is 0 Å². The quantitative estimate of drug-likeness (QED) is 0.834. The topological polar surface area (TPSA) is 75.3 Å². The Balaban J connectivity index is 2.70. The van der Waals surface area contributed by atoms with Gasteiger partial charge in [-0.15, -0.1) is 11.3 Å². The Morgan fingerprint density at radius 1 is 1.41 bits per heavy atom. The van der Waals surface area contributed by atoms with Crippen LogP contribution < -0.4 is 10.0 Å². The maximum absolute atomic E-state index is 11.9. The highest BCUT2D eigenvalue weighted by molar-refractivity contribution is 7.89. The number of carbonyl (C=O) groups is 1. The summed E-state index contributed by atoms with van der Waals surface area (Å²) in [6.45, 7) is 3.74. The van der Waals surface area contributed by atoms with Crippen molar-refractivity contribution in [2.75, 3.05) is 13.6 Å². The molecule has 1 aromatic rings. The molecule has 2 N–H and O–H groups in total. The van der Waals surface area contributed by atoms with E-state index < -0.39 is 10.0 Å². The Labute approximate surface area is 105 Å². The fourth-order valence-electron chi connectivity index (χ4n) is 1.38. The summed E-state index contributed by atoms with van der Waals surface area (Å²) < 4.78 is 26.2. The minimum absolute atomic E-state index is 0.107. The van der Waals surface area contributed by atoms with Crippen molar-refractivity contribution in [1.29, 1.82) is 0 Å². The first-order chi connectivity index (χ1) is 7.86. The fourth-order valence-corrected chi connectivity index (χ4v) is 3.96. The van der Waals surface area contributed by atoms with Crippen LogP contribution in [0.2, 0.25) is 0 Å². The van der Waals surface area contributed by atoms with Crippen LogP contribution >= 0.6 is 11.3 Å². The van der Waals surface area contributed by atoms with Gasteiger partial charge in [0.25, 0.3) is 0 Å². The maximum atomic E-state index is 11.9. The van der Waals surface area contributed by atoms with Crippen molar-refractivity contribution in [3.63, 3.8) is 0 Å². The highest BCUT2D eigenvalue weighted by Crippen LogP contribution is 2.24. The molecule has 0 aliphatic heterocycles. The van der Waals surface area contributed by atoms with Crippen LogP contribution in [0, 0.1) is 13.8 Å².